The molecule has 1 aliphatic heterocycles. The van der Waals surface area contributed by atoms with Crippen LogP contribution in [0.4, 0.5) is 5.69 Å². The zero-order valence-corrected chi connectivity index (χ0v) is 16.5. The second-order valence-corrected chi connectivity index (χ2v) is 8.02. The van der Waals surface area contributed by atoms with Crippen LogP contribution in [-0.4, -0.2) is 36.2 Å². The summed E-state index contributed by atoms with van der Waals surface area (Å²) in [6.45, 7) is 5.87. The highest BCUT2D eigenvalue weighted by Gasteiger charge is 2.45. The Labute approximate surface area is 161 Å². The summed E-state index contributed by atoms with van der Waals surface area (Å²) in [5.41, 5.74) is 3.09. The van der Waals surface area contributed by atoms with Crippen molar-refractivity contribution < 1.29 is 4.52 Å². The standard InChI is InChI=1S/C21H29N5O/c1-15(2)19-24-18(27-25-19)10-13-23-20(22-3)26-14-21(11-6-7-12-21)16-8-4-5-9-17(16)26/h4-5,8-9,15H,6-7,10-14H2,1-3H3,(H,22,23). The second kappa shape index (κ2) is 7.33. The van der Waals surface area contributed by atoms with Gasteiger partial charge >= 0.3 is 0 Å². The third-order valence-electron chi connectivity index (χ3n) is 5.88. The molecular formula is C21H29N5O. The Kier molecular flexibility index (Phi) is 4.89. The Morgan fingerprint density at radius 2 is 2.07 bits per heavy atom. The average molecular weight is 367 g/mol. The van der Waals surface area contributed by atoms with Gasteiger partial charge in [-0.25, -0.2) is 0 Å². The number of anilines is 1. The van der Waals surface area contributed by atoms with Gasteiger partial charge in [-0.15, -0.1) is 0 Å². The molecule has 2 heterocycles. The molecular weight excluding hydrogens is 338 g/mol. The number of nitrogens with one attached hydrogen (secondary N) is 1. The molecule has 1 spiro atoms. The third-order valence-corrected chi connectivity index (χ3v) is 5.88. The Balaban J connectivity index is 1.45. The number of hydrogen-bond acceptors (Lipinski definition) is 4. The van der Waals surface area contributed by atoms with E-state index in [-0.39, 0.29) is 5.92 Å². The Morgan fingerprint density at radius 3 is 2.78 bits per heavy atom. The van der Waals surface area contributed by atoms with E-state index < -0.39 is 0 Å². The van der Waals surface area contributed by atoms with Gasteiger partial charge in [-0.3, -0.25) is 4.99 Å². The summed E-state index contributed by atoms with van der Waals surface area (Å²) >= 11 is 0. The van der Waals surface area contributed by atoms with Crippen LogP contribution in [0.25, 0.3) is 0 Å². The number of guanidine groups is 1. The highest BCUT2D eigenvalue weighted by Crippen LogP contribution is 2.50. The summed E-state index contributed by atoms with van der Waals surface area (Å²) in [4.78, 5) is 11.4. The predicted octanol–water partition coefficient (Wildman–Crippen LogP) is 3.64. The molecule has 1 aromatic carbocycles. The topological polar surface area (TPSA) is 66.5 Å². The molecule has 6 nitrogen and oxygen atoms in total. The van der Waals surface area contributed by atoms with Crippen molar-refractivity contribution >= 4 is 11.6 Å². The average Bonchev–Trinajstić information content (AvgIpc) is 3.40. The molecule has 1 saturated carbocycles. The molecule has 0 amide bonds. The van der Waals surface area contributed by atoms with Crippen molar-refractivity contribution in [3.8, 4) is 0 Å². The predicted molar refractivity (Wildman–Crippen MR) is 107 cm³/mol. The molecule has 1 fully saturated rings. The highest BCUT2D eigenvalue weighted by molar-refractivity contribution is 5.98. The van der Waals surface area contributed by atoms with E-state index in [1.807, 2.05) is 7.05 Å². The summed E-state index contributed by atoms with van der Waals surface area (Å²) in [5.74, 6) is 2.66. The molecule has 27 heavy (non-hydrogen) atoms. The number of nitrogens with zero attached hydrogens (tertiary/aromatic N) is 4. The fraction of sp³-hybridized carbons (Fsp3) is 0.571. The van der Waals surface area contributed by atoms with Crippen molar-refractivity contribution in [2.75, 3.05) is 25.0 Å². The first-order chi connectivity index (χ1) is 13.1. The Morgan fingerprint density at radius 1 is 1.30 bits per heavy atom. The molecule has 1 aromatic heterocycles. The number of hydrogen-bond donors (Lipinski definition) is 1. The van der Waals surface area contributed by atoms with E-state index in [0.717, 1.165) is 24.9 Å². The molecule has 1 N–H and O–H groups in total. The molecule has 4 rings (SSSR count). The third kappa shape index (κ3) is 3.33. The van der Waals surface area contributed by atoms with Crippen LogP contribution in [0.15, 0.2) is 33.8 Å². The quantitative estimate of drug-likeness (QED) is 0.660. The molecule has 144 valence electrons. The maximum absolute atomic E-state index is 5.34. The van der Waals surface area contributed by atoms with Crippen LogP contribution < -0.4 is 10.2 Å². The van der Waals surface area contributed by atoms with Gasteiger partial charge in [0.2, 0.25) is 5.89 Å². The van der Waals surface area contributed by atoms with E-state index >= 15 is 0 Å². The van der Waals surface area contributed by atoms with Gasteiger partial charge < -0.3 is 14.7 Å². The Bertz CT molecular complexity index is 819. The molecule has 2 aliphatic rings. The number of aliphatic imine (C=N–C) groups is 1. The molecule has 0 unspecified atom stereocenters. The van der Waals surface area contributed by atoms with Gasteiger partial charge in [0.1, 0.15) is 0 Å². The summed E-state index contributed by atoms with van der Waals surface area (Å²) in [6, 6.07) is 8.82. The van der Waals surface area contributed by atoms with Crippen molar-refractivity contribution in [3.63, 3.8) is 0 Å². The molecule has 2 aromatic rings. The lowest BCUT2D eigenvalue weighted by molar-refractivity contribution is 0.371. The van der Waals surface area contributed by atoms with E-state index in [1.54, 1.807) is 0 Å². The van der Waals surface area contributed by atoms with Crippen LogP contribution in [0.1, 0.15) is 62.7 Å². The molecule has 0 saturated heterocycles. The first-order valence-corrected chi connectivity index (χ1v) is 10.0. The SMILES string of the molecule is CN=C(NCCc1nc(C(C)C)no1)N1CC2(CCCC2)c2ccccc21. The van der Waals surface area contributed by atoms with Gasteiger partial charge in [0.05, 0.1) is 0 Å². The van der Waals surface area contributed by atoms with Gasteiger partial charge in [-0.2, -0.15) is 4.98 Å². The zero-order valence-electron chi connectivity index (χ0n) is 16.5. The second-order valence-electron chi connectivity index (χ2n) is 8.02. The van der Waals surface area contributed by atoms with Crippen molar-refractivity contribution in [1.82, 2.24) is 15.5 Å². The number of aromatic nitrogens is 2. The van der Waals surface area contributed by atoms with Gasteiger partial charge in [0.15, 0.2) is 11.8 Å². The van der Waals surface area contributed by atoms with Crippen LogP contribution in [0.5, 0.6) is 0 Å². The first kappa shape index (κ1) is 18.0. The minimum atomic E-state index is 0.284. The van der Waals surface area contributed by atoms with Crippen LogP contribution in [-0.2, 0) is 11.8 Å². The number of fused-ring (bicyclic) bond motifs is 2. The fourth-order valence-corrected chi connectivity index (χ4v) is 4.48. The van der Waals surface area contributed by atoms with Crippen LogP contribution >= 0.6 is 0 Å². The lowest BCUT2D eigenvalue weighted by atomic mass is 9.81. The minimum absolute atomic E-state index is 0.284. The summed E-state index contributed by atoms with van der Waals surface area (Å²) in [5, 5.41) is 7.53. The van der Waals surface area contributed by atoms with Crippen molar-refractivity contribution in [2.24, 2.45) is 4.99 Å². The van der Waals surface area contributed by atoms with Gasteiger partial charge in [0.25, 0.3) is 0 Å². The van der Waals surface area contributed by atoms with Crippen molar-refractivity contribution in [3.05, 3.63) is 41.5 Å². The van der Waals surface area contributed by atoms with Crippen LogP contribution in [0.2, 0.25) is 0 Å². The van der Waals surface area contributed by atoms with E-state index in [0.29, 0.717) is 17.7 Å². The Hall–Kier alpha value is -2.37. The summed E-state index contributed by atoms with van der Waals surface area (Å²) < 4.78 is 5.34. The van der Waals surface area contributed by atoms with Gasteiger partial charge in [-0.05, 0) is 24.5 Å². The molecule has 6 heteroatoms. The maximum atomic E-state index is 5.34. The number of para-hydroxylation sites is 1. The molecule has 1 aliphatic carbocycles. The van der Waals surface area contributed by atoms with Gasteiger partial charge in [0, 0.05) is 43.6 Å². The molecule has 0 bridgehead atoms. The lowest BCUT2D eigenvalue weighted by Gasteiger charge is -2.26. The van der Waals surface area contributed by atoms with E-state index in [9.17, 15) is 0 Å². The monoisotopic (exact) mass is 367 g/mol. The van der Waals surface area contributed by atoms with Crippen molar-refractivity contribution in [1.29, 1.82) is 0 Å². The normalized spacial score (nSPS) is 18.5. The minimum Gasteiger partial charge on any atom is -0.355 e. The van der Waals surface area contributed by atoms with Crippen LogP contribution in [0, 0.1) is 0 Å². The first-order valence-electron chi connectivity index (χ1n) is 10.0. The number of benzene rings is 1. The molecule has 0 radical (unpaired) electrons. The fourth-order valence-electron chi connectivity index (χ4n) is 4.48. The van der Waals surface area contributed by atoms with E-state index in [2.05, 4.69) is 63.5 Å². The smallest absolute Gasteiger partial charge is 0.228 e. The van der Waals surface area contributed by atoms with Crippen LogP contribution in [0.3, 0.4) is 0 Å². The van der Waals surface area contributed by atoms with E-state index in [1.165, 1.54) is 36.9 Å². The zero-order chi connectivity index (χ0) is 18.9. The largest absolute Gasteiger partial charge is 0.355 e. The van der Waals surface area contributed by atoms with Crippen molar-refractivity contribution in [2.45, 2.75) is 57.3 Å². The summed E-state index contributed by atoms with van der Waals surface area (Å²) in [7, 11) is 1.86. The molecule has 0 atom stereocenters. The maximum Gasteiger partial charge on any atom is 0.228 e. The number of rotatable bonds is 4. The lowest BCUT2D eigenvalue weighted by Crippen LogP contribution is -2.44. The highest BCUT2D eigenvalue weighted by atomic mass is 16.5. The van der Waals surface area contributed by atoms with Gasteiger partial charge in [-0.1, -0.05) is 50.0 Å². The van der Waals surface area contributed by atoms with E-state index in [4.69, 9.17) is 4.52 Å². The summed E-state index contributed by atoms with van der Waals surface area (Å²) in [6.07, 6.45) is 5.89.